The van der Waals surface area contributed by atoms with Gasteiger partial charge in [-0.15, -0.1) is 0 Å². The number of alkyl halides is 1. The fraction of sp³-hybridized carbons (Fsp3) is 0.591. The lowest BCUT2D eigenvalue weighted by atomic mass is 9.48. The number of halogens is 1. The maximum Gasteiger partial charge on any atom is 0.330 e. The second-order valence-electron chi connectivity index (χ2n) is 8.81. The van der Waals surface area contributed by atoms with Gasteiger partial charge in [0.1, 0.15) is 5.67 Å². The average molecular weight is 357 g/mol. The van der Waals surface area contributed by atoms with Crippen molar-refractivity contribution in [2.75, 3.05) is 13.7 Å². The van der Waals surface area contributed by atoms with E-state index in [0.29, 0.717) is 11.8 Å². The molecule has 1 N–H and O–H groups in total. The molecule has 26 heavy (non-hydrogen) atoms. The lowest BCUT2D eigenvalue weighted by Gasteiger charge is -2.59. The second-order valence-corrected chi connectivity index (χ2v) is 8.81. The van der Waals surface area contributed by atoms with Crippen LogP contribution in [0, 0.1) is 17.3 Å². The Balaban J connectivity index is 1.31. The molecule has 4 aliphatic rings. The minimum atomic E-state index is -0.876. The highest BCUT2D eigenvalue weighted by molar-refractivity contribution is 5.86. The first-order valence-corrected chi connectivity index (χ1v) is 9.72. The quantitative estimate of drug-likeness (QED) is 0.610. The van der Waals surface area contributed by atoms with Crippen LogP contribution >= 0.6 is 0 Å². The fourth-order valence-electron chi connectivity index (χ4n) is 5.99. The van der Waals surface area contributed by atoms with Crippen LogP contribution in [0.15, 0.2) is 30.3 Å². The first-order valence-electron chi connectivity index (χ1n) is 9.72. The molecule has 5 rings (SSSR count). The predicted molar refractivity (Wildman–Crippen MR) is 100 cm³/mol. The molecule has 0 spiro atoms. The van der Waals surface area contributed by atoms with Gasteiger partial charge in [0.05, 0.1) is 7.11 Å². The van der Waals surface area contributed by atoms with E-state index in [9.17, 15) is 4.79 Å². The third-order valence-corrected chi connectivity index (χ3v) is 6.53. The fourth-order valence-corrected chi connectivity index (χ4v) is 5.99. The highest BCUT2D eigenvalue weighted by Gasteiger charge is 2.57. The number of carbonyl (C=O) groups is 1. The van der Waals surface area contributed by atoms with Crippen molar-refractivity contribution in [1.29, 1.82) is 0 Å². The van der Waals surface area contributed by atoms with E-state index in [-0.39, 0.29) is 11.4 Å². The average Bonchev–Trinajstić information content (AvgIpc) is 2.58. The SMILES string of the molecule is COC(=O)/C=C/c1ccc(CNCC23C[C@@H]4C[C@@H](CC(F)(C4)C2)C3)cc1. The van der Waals surface area contributed by atoms with Crippen LogP contribution in [0.2, 0.25) is 0 Å². The van der Waals surface area contributed by atoms with Crippen LogP contribution in [-0.2, 0) is 16.1 Å². The standard InChI is InChI=1S/C22H28FNO2/c1-26-20(25)7-6-16-2-4-17(5-3-16)13-24-15-21-9-18-8-19(10-21)12-22(23,11-18)14-21/h2-7,18-19,24H,8-15H2,1H3/b7-6+/t18-,19+,21?,22?. The lowest BCUT2D eigenvalue weighted by molar-refractivity contribution is -0.134. The van der Waals surface area contributed by atoms with E-state index < -0.39 is 5.67 Å². The van der Waals surface area contributed by atoms with Crippen molar-refractivity contribution >= 4 is 12.0 Å². The van der Waals surface area contributed by atoms with Crippen LogP contribution in [0.5, 0.6) is 0 Å². The van der Waals surface area contributed by atoms with Gasteiger partial charge in [-0.25, -0.2) is 9.18 Å². The molecule has 3 nitrogen and oxygen atoms in total. The molecule has 4 aliphatic carbocycles. The van der Waals surface area contributed by atoms with Crippen molar-refractivity contribution in [1.82, 2.24) is 5.32 Å². The van der Waals surface area contributed by atoms with E-state index in [0.717, 1.165) is 37.9 Å². The van der Waals surface area contributed by atoms with E-state index >= 15 is 4.39 Å². The summed E-state index contributed by atoms with van der Waals surface area (Å²) >= 11 is 0. The molecule has 1 aromatic carbocycles. The Bertz CT molecular complexity index is 683. The molecule has 4 saturated carbocycles. The maximum absolute atomic E-state index is 15.0. The number of nitrogens with one attached hydrogen (secondary N) is 1. The molecule has 0 amide bonds. The molecule has 0 aliphatic heterocycles. The highest BCUT2D eigenvalue weighted by atomic mass is 19.1. The van der Waals surface area contributed by atoms with Crippen molar-refractivity contribution in [2.45, 2.75) is 50.7 Å². The van der Waals surface area contributed by atoms with Gasteiger partial charge in [-0.2, -0.15) is 0 Å². The minimum absolute atomic E-state index is 0.183. The van der Waals surface area contributed by atoms with Crippen molar-refractivity contribution in [3.63, 3.8) is 0 Å². The summed E-state index contributed by atoms with van der Waals surface area (Å²) in [5.74, 6) is 0.879. The normalized spacial score (nSPS) is 35.2. The monoisotopic (exact) mass is 357 g/mol. The molecule has 2 unspecified atom stereocenters. The Kier molecular flexibility index (Phi) is 4.64. The van der Waals surface area contributed by atoms with E-state index in [1.165, 1.54) is 38.0 Å². The Morgan fingerprint density at radius 2 is 1.92 bits per heavy atom. The van der Waals surface area contributed by atoms with Gasteiger partial charge in [-0.1, -0.05) is 24.3 Å². The van der Waals surface area contributed by atoms with E-state index in [4.69, 9.17) is 0 Å². The van der Waals surface area contributed by atoms with Gasteiger partial charge in [-0.05, 0) is 73.0 Å². The van der Waals surface area contributed by atoms with Crippen LogP contribution < -0.4 is 5.32 Å². The molecule has 140 valence electrons. The van der Waals surface area contributed by atoms with E-state index in [2.05, 4.69) is 22.2 Å². The molecule has 0 heterocycles. The van der Waals surface area contributed by atoms with Crippen molar-refractivity contribution in [3.8, 4) is 0 Å². The first kappa shape index (κ1) is 17.7. The van der Waals surface area contributed by atoms with Gasteiger partial charge in [0.2, 0.25) is 0 Å². The van der Waals surface area contributed by atoms with Crippen LogP contribution in [0.25, 0.3) is 6.08 Å². The number of hydrogen-bond acceptors (Lipinski definition) is 3. The number of carbonyl (C=O) groups excluding carboxylic acids is 1. The first-order chi connectivity index (χ1) is 12.5. The Morgan fingerprint density at radius 3 is 2.54 bits per heavy atom. The molecular weight excluding hydrogens is 329 g/mol. The minimum Gasteiger partial charge on any atom is -0.466 e. The van der Waals surface area contributed by atoms with Crippen LogP contribution in [0.1, 0.15) is 49.7 Å². The molecule has 0 saturated heterocycles. The van der Waals surface area contributed by atoms with Crippen LogP contribution in [0.3, 0.4) is 0 Å². The van der Waals surface area contributed by atoms with Crippen LogP contribution in [0.4, 0.5) is 4.39 Å². The second kappa shape index (κ2) is 6.80. The Labute approximate surface area is 155 Å². The third kappa shape index (κ3) is 3.71. The Morgan fingerprint density at radius 1 is 1.23 bits per heavy atom. The lowest BCUT2D eigenvalue weighted by Crippen LogP contribution is -2.56. The van der Waals surface area contributed by atoms with E-state index in [1.807, 2.05) is 12.1 Å². The zero-order valence-corrected chi connectivity index (χ0v) is 15.5. The van der Waals surface area contributed by atoms with E-state index in [1.54, 1.807) is 6.08 Å². The summed E-state index contributed by atoms with van der Waals surface area (Å²) < 4.78 is 19.6. The molecule has 0 aromatic heterocycles. The molecule has 0 radical (unpaired) electrons. The summed E-state index contributed by atoms with van der Waals surface area (Å²) in [7, 11) is 1.37. The number of rotatable bonds is 6. The largest absolute Gasteiger partial charge is 0.466 e. The third-order valence-electron chi connectivity index (χ3n) is 6.53. The zero-order valence-electron chi connectivity index (χ0n) is 15.5. The number of methoxy groups -OCH3 is 1. The summed E-state index contributed by atoms with van der Waals surface area (Å²) in [6, 6.07) is 8.13. The van der Waals surface area contributed by atoms with Crippen LogP contribution in [-0.4, -0.2) is 25.3 Å². The molecule has 4 fully saturated rings. The highest BCUT2D eigenvalue weighted by Crippen LogP contribution is 2.62. The number of benzene rings is 1. The molecule has 4 atom stereocenters. The summed E-state index contributed by atoms with van der Waals surface area (Å²) in [5, 5.41) is 3.60. The van der Waals surface area contributed by atoms with Gasteiger partial charge in [0.25, 0.3) is 0 Å². The maximum atomic E-state index is 15.0. The summed E-state index contributed by atoms with van der Waals surface area (Å²) in [5.41, 5.74) is 1.49. The van der Waals surface area contributed by atoms with Crippen molar-refractivity contribution in [3.05, 3.63) is 41.5 Å². The number of ether oxygens (including phenoxy) is 1. The molecule has 4 heteroatoms. The molecule has 1 aromatic rings. The summed E-state index contributed by atoms with van der Waals surface area (Å²) in [6.07, 6.45) is 9.23. The van der Waals surface area contributed by atoms with Crippen molar-refractivity contribution in [2.24, 2.45) is 17.3 Å². The Hall–Kier alpha value is -1.68. The van der Waals surface area contributed by atoms with Gasteiger partial charge in [0.15, 0.2) is 0 Å². The predicted octanol–water partition coefficient (Wildman–Crippen LogP) is 4.27. The number of esters is 1. The summed E-state index contributed by atoms with van der Waals surface area (Å²) in [6.45, 7) is 1.73. The zero-order chi connectivity index (χ0) is 18.2. The van der Waals surface area contributed by atoms with Gasteiger partial charge < -0.3 is 10.1 Å². The number of hydrogen-bond donors (Lipinski definition) is 1. The molecule has 4 bridgehead atoms. The van der Waals surface area contributed by atoms with Gasteiger partial charge >= 0.3 is 5.97 Å². The van der Waals surface area contributed by atoms with Gasteiger partial charge in [0, 0.05) is 19.2 Å². The summed E-state index contributed by atoms with van der Waals surface area (Å²) in [4.78, 5) is 11.1. The smallest absolute Gasteiger partial charge is 0.330 e. The van der Waals surface area contributed by atoms with Gasteiger partial charge in [-0.3, -0.25) is 0 Å². The van der Waals surface area contributed by atoms with Crippen molar-refractivity contribution < 1.29 is 13.9 Å². The topological polar surface area (TPSA) is 38.3 Å². The molecular formula is C22H28FNO2.